The predicted molar refractivity (Wildman–Crippen MR) is 76.2 cm³/mol. The summed E-state index contributed by atoms with van der Waals surface area (Å²) in [7, 11) is 0. The first-order chi connectivity index (χ1) is 8.74. The standard InChI is InChI=1S/C14H16BrN3/c1-11(9-12-4-6-13(15)7-5-12)16-10-14-3-2-8-17-18-14/h2-8,11,16H,9-10H2,1H3. The van der Waals surface area contributed by atoms with Crippen molar-refractivity contribution in [1.29, 1.82) is 0 Å². The van der Waals surface area contributed by atoms with Crippen molar-refractivity contribution in [3.8, 4) is 0 Å². The van der Waals surface area contributed by atoms with Crippen LogP contribution in [0.3, 0.4) is 0 Å². The van der Waals surface area contributed by atoms with E-state index in [9.17, 15) is 0 Å². The minimum Gasteiger partial charge on any atom is -0.308 e. The van der Waals surface area contributed by atoms with Crippen molar-refractivity contribution in [2.75, 3.05) is 0 Å². The largest absolute Gasteiger partial charge is 0.308 e. The fraction of sp³-hybridized carbons (Fsp3) is 0.286. The van der Waals surface area contributed by atoms with Crippen molar-refractivity contribution in [2.45, 2.75) is 25.9 Å². The van der Waals surface area contributed by atoms with Gasteiger partial charge in [-0.05, 0) is 43.2 Å². The Kier molecular flexibility index (Phi) is 4.84. The van der Waals surface area contributed by atoms with E-state index in [2.05, 4.69) is 62.6 Å². The molecule has 2 rings (SSSR count). The molecule has 0 amide bonds. The molecule has 0 saturated carbocycles. The van der Waals surface area contributed by atoms with E-state index >= 15 is 0 Å². The molecule has 0 aliphatic rings. The Labute approximate surface area is 116 Å². The second kappa shape index (κ2) is 6.61. The highest BCUT2D eigenvalue weighted by Gasteiger charge is 2.03. The highest BCUT2D eigenvalue weighted by atomic mass is 79.9. The minimum absolute atomic E-state index is 0.410. The monoisotopic (exact) mass is 305 g/mol. The molecule has 1 N–H and O–H groups in total. The van der Waals surface area contributed by atoms with Gasteiger partial charge in [-0.1, -0.05) is 28.1 Å². The number of benzene rings is 1. The Morgan fingerprint density at radius 2 is 2.00 bits per heavy atom. The molecule has 1 atom stereocenters. The summed E-state index contributed by atoms with van der Waals surface area (Å²) in [5, 5.41) is 11.4. The van der Waals surface area contributed by atoms with Crippen LogP contribution in [-0.2, 0) is 13.0 Å². The Bertz CT molecular complexity index is 470. The topological polar surface area (TPSA) is 37.8 Å². The molecular formula is C14H16BrN3. The van der Waals surface area contributed by atoms with E-state index in [0.717, 1.165) is 23.1 Å². The van der Waals surface area contributed by atoms with Crippen LogP contribution in [0.5, 0.6) is 0 Å². The van der Waals surface area contributed by atoms with Crippen molar-refractivity contribution in [1.82, 2.24) is 15.5 Å². The lowest BCUT2D eigenvalue weighted by Crippen LogP contribution is -2.28. The van der Waals surface area contributed by atoms with Crippen molar-refractivity contribution in [2.24, 2.45) is 0 Å². The second-order valence-corrected chi connectivity index (χ2v) is 5.24. The van der Waals surface area contributed by atoms with Crippen molar-refractivity contribution in [3.63, 3.8) is 0 Å². The molecule has 18 heavy (non-hydrogen) atoms. The smallest absolute Gasteiger partial charge is 0.0769 e. The molecule has 2 aromatic rings. The lowest BCUT2D eigenvalue weighted by molar-refractivity contribution is 0.537. The van der Waals surface area contributed by atoms with Crippen LogP contribution < -0.4 is 5.32 Å². The van der Waals surface area contributed by atoms with Gasteiger partial charge in [0.2, 0.25) is 0 Å². The van der Waals surface area contributed by atoms with Gasteiger partial charge in [-0.3, -0.25) is 0 Å². The zero-order chi connectivity index (χ0) is 12.8. The fourth-order valence-corrected chi connectivity index (χ4v) is 2.02. The molecule has 0 aliphatic carbocycles. The van der Waals surface area contributed by atoms with Crippen LogP contribution in [-0.4, -0.2) is 16.2 Å². The Hall–Kier alpha value is -1.26. The van der Waals surface area contributed by atoms with Gasteiger partial charge in [0.15, 0.2) is 0 Å². The average molecular weight is 306 g/mol. The van der Waals surface area contributed by atoms with Crippen molar-refractivity contribution in [3.05, 3.63) is 58.3 Å². The van der Waals surface area contributed by atoms with Gasteiger partial charge >= 0.3 is 0 Å². The Morgan fingerprint density at radius 1 is 1.22 bits per heavy atom. The van der Waals surface area contributed by atoms with Crippen LogP contribution in [0.25, 0.3) is 0 Å². The first-order valence-corrected chi connectivity index (χ1v) is 6.78. The molecular weight excluding hydrogens is 290 g/mol. The van der Waals surface area contributed by atoms with Gasteiger partial charge in [0.05, 0.1) is 5.69 Å². The van der Waals surface area contributed by atoms with Crippen LogP contribution in [0.2, 0.25) is 0 Å². The molecule has 3 nitrogen and oxygen atoms in total. The molecule has 1 aromatic heterocycles. The summed E-state index contributed by atoms with van der Waals surface area (Å²) >= 11 is 3.44. The zero-order valence-corrected chi connectivity index (χ0v) is 11.9. The number of nitrogens with zero attached hydrogens (tertiary/aromatic N) is 2. The second-order valence-electron chi connectivity index (χ2n) is 4.33. The lowest BCUT2D eigenvalue weighted by atomic mass is 10.1. The molecule has 0 fully saturated rings. The lowest BCUT2D eigenvalue weighted by Gasteiger charge is -2.13. The first-order valence-electron chi connectivity index (χ1n) is 5.98. The van der Waals surface area contributed by atoms with E-state index in [-0.39, 0.29) is 0 Å². The fourth-order valence-electron chi connectivity index (χ4n) is 1.75. The molecule has 0 spiro atoms. The average Bonchev–Trinajstić information content (AvgIpc) is 2.40. The van der Waals surface area contributed by atoms with Crippen LogP contribution >= 0.6 is 15.9 Å². The Balaban J connectivity index is 1.82. The maximum absolute atomic E-state index is 4.05. The van der Waals surface area contributed by atoms with Gasteiger partial charge in [-0.25, -0.2) is 0 Å². The van der Waals surface area contributed by atoms with Gasteiger partial charge in [0.1, 0.15) is 0 Å². The molecule has 1 aromatic carbocycles. The quantitative estimate of drug-likeness (QED) is 0.923. The van der Waals surface area contributed by atoms with Gasteiger partial charge in [-0.15, -0.1) is 0 Å². The highest BCUT2D eigenvalue weighted by Crippen LogP contribution is 2.11. The maximum atomic E-state index is 4.05. The molecule has 0 aliphatic heterocycles. The number of nitrogens with one attached hydrogen (secondary N) is 1. The van der Waals surface area contributed by atoms with E-state index in [1.54, 1.807) is 6.20 Å². The summed E-state index contributed by atoms with van der Waals surface area (Å²) in [5.41, 5.74) is 2.30. The van der Waals surface area contributed by atoms with Crippen LogP contribution in [0.4, 0.5) is 0 Å². The number of aromatic nitrogens is 2. The third kappa shape index (κ3) is 4.20. The molecule has 1 heterocycles. The number of rotatable bonds is 5. The van der Waals surface area contributed by atoms with Gasteiger partial charge < -0.3 is 5.32 Å². The Morgan fingerprint density at radius 3 is 2.67 bits per heavy atom. The van der Waals surface area contributed by atoms with E-state index in [4.69, 9.17) is 0 Å². The van der Waals surface area contributed by atoms with Crippen LogP contribution in [0.1, 0.15) is 18.2 Å². The summed E-state index contributed by atoms with van der Waals surface area (Å²) in [5.74, 6) is 0. The predicted octanol–water partition coefficient (Wildman–Crippen LogP) is 2.96. The van der Waals surface area contributed by atoms with Gasteiger partial charge in [-0.2, -0.15) is 10.2 Å². The summed E-state index contributed by atoms with van der Waals surface area (Å²) in [4.78, 5) is 0. The van der Waals surface area contributed by atoms with Crippen molar-refractivity contribution < 1.29 is 0 Å². The minimum atomic E-state index is 0.410. The van der Waals surface area contributed by atoms with E-state index < -0.39 is 0 Å². The zero-order valence-electron chi connectivity index (χ0n) is 10.3. The van der Waals surface area contributed by atoms with Crippen LogP contribution in [0, 0.1) is 0 Å². The first kappa shape index (κ1) is 13.2. The van der Waals surface area contributed by atoms with Gasteiger partial charge in [0.25, 0.3) is 0 Å². The van der Waals surface area contributed by atoms with Gasteiger partial charge in [0, 0.05) is 23.3 Å². The van der Waals surface area contributed by atoms with E-state index in [0.29, 0.717) is 6.04 Å². The molecule has 0 bridgehead atoms. The number of halogens is 1. The van der Waals surface area contributed by atoms with E-state index in [1.165, 1.54) is 5.56 Å². The normalized spacial score (nSPS) is 12.3. The summed E-state index contributed by atoms with van der Waals surface area (Å²) in [6.45, 7) is 2.93. The summed E-state index contributed by atoms with van der Waals surface area (Å²) in [6.07, 6.45) is 2.70. The summed E-state index contributed by atoms with van der Waals surface area (Å²) < 4.78 is 1.12. The molecule has 0 radical (unpaired) electrons. The third-order valence-corrected chi connectivity index (χ3v) is 3.24. The number of hydrogen-bond acceptors (Lipinski definition) is 3. The maximum Gasteiger partial charge on any atom is 0.0769 e. The van der Waals surface area contributed by atoms with Crippen LogP contribution in [0.15, 0.2) is 47.1 Å². The SMILES string of the molecule is CC(Cc1ccc(Br)cc1)NCc1cccnn1. The highest BCUT2D eigenvalue weighted by molar-refractivity contribution is 9.10. The molecule has 94 valence electrons. The molecule has 0 saturated heterocycles. The number of hydrogen-bond donors (Lipinski definition) is 1. The van der Waals surface area contributed by atoms with E-state index in [1.807, 2.05) is 12.1 Å². The van der Waals surface area contributed by atoms with Crippen molar-refractivity contribution >= 4 is 15.9 Å². The molecule has 4 heteroatoms. The third-order valence-electron chi connectivity index (χ3n) is 2.71. The molecule has 1 unspecified atom stereocenters. The summed E-state index contributed by atoms with van der Waals surface area (Å²) in [6, 6.07) is 12.7.